The first kappa shape index (κ1) is 15.7. The quantitative estimate of drug-likeness (QED) is 0.260. The predicted octanol–water partition coefficient (Wildman–Crippen LogP) is 4.64. The molecule has 0 bridgehead atoms. The topological polar surface area (TPSA) is 37.5 Å². The summed E-state index contributed by atoms with van der Waals surface area (Å²) in [5.41, 5.74) is 2.94. The highest BCUT2D eigenvalue weighted by Crippen LogP contribution is 2.31. The first-order chi connectivity index (χ1) is 13.8. The van der Waals surface area contributed by atoms with E-state index in [0.29, 0.717) is 0 Å². The van der Waals surface area contributed by atoms with Gasteiger partial charge in [-0.3, -0.25) is 0 Å². The number of nitrogens with one attached hydrogen (secondary N) is 1. The Balaban J connectivity index is 1.82. The SMILES string of the molecule is ClC1N=c2c(oc3ccccc23)=C(c2cc3ccccc3c3ccccc23)N1. The zero-order valence-corrected chi connectivity index (χ0v) is 15.6. The Labute approximate surface area is 165 Å². The summed E-state index contributed by atoms with van der Waals surface area (Å²) in [6.45, 7) is 0. The summed E-state index contributed by atoms with van der Waals surface area (Å²) in [4.78, 5) is 4.59. The van der Waals surface area contributed by atoms with Crippen molar-refractivity contribution in [2.24, 2.45) is 4.99 Å². The lowest BCUT2D eigenvalue weighted by molar-refractivity contribution is 0.554. The number of fused-ring (bicyclic) bond motifs is 6. The lowest BCUT2D eigenvalue weighted by atomic mass is 9.95. The first-order valence-corrected chi connectivity index (χ1v) is 9.64. The Morgan fingerprint density at radius 2 is 1.46 bits per heavy atom. The number of rotatable bonds is 1. The van der Waals surface area contributed by atoms with E-state index in [2.05, 4.69) is 64.9 Å². The molecule has 0 radical (unpaired) electrons. The predicted molar refractivity (Wildman–Crippen MR) is 114 cm³/mol. The van der Waals surface area contributed by atoms with Crippen LogP contribution in [0.2, 0.25) is 0 Å². The lowest BCUT2D eigenvalue weighted by Gasteiger charge is -2.18. The van der Waals surface area contributed by atoms with Gasteiger partial charge in [0, 0.05) is 10.9 Å². The van der Waals surface area contributed by atoms with Crippen LogP contribution in [0, 0.1) is 0 Å². The van der Waals surface area contributed by atoms with Crippen LogP contribution >= 0.6 is 11.6 Å². The summed E-state index contributed by atoms with van der Waals surface area (Å²) in [6.07, 6.45) is 0. The van der Waals surface area contributed by atoms with Crippen molar-refractivity contribution in [3.63, 3.8) is 0 Å². The number of halogens is 1. The molecule has 134 valence electrons. The van der Waals surface area contributed by atoms with Crippen molar-refractivity contribution in [2.75, 3.05) is 0 Å². The van der Waals surface area contributed by atoms with Crippen LogP contribution in [0.25, 0.3) is 38.2 Å². The van der Waals surface area contributed by atoms with E-state index in [4.69, 9.17) is 16.0 Å². The molecule has 1 aromatic heterocycles. The van der Waals surface area contributed by atoms with Crippen LogP contribution in [0.15, 0.2) is 88.3 Å². The molecule has 5 aromatic rings. The van der Waals surface area contributed by atoms with Crippen LogP contribution in [0.4, 0.5) is 0 Å². The van der Waals surface area contributed by atoms with Crippen molar-refractivity contribution in [2.45, 2.75) is 5.62 Å². The third kappa shape index (κ3) is 2.20. The van der Waals surface area contributed by atoms with Gasteiger partial charge in [-0.15, -0.1) is 0 Å². The van der Waals surface area contributed by atoms with Crippen molar-refractivity contribution in [1.29, 1.82) is 0 Å². The highest BCUT2D eigenvalue weighted by Gasteiger charge is 2.20. The second kappa shape index (κ2) is 5.85. The van der Waals surface area contributed by atoms with E-state index in [-0.39, 0.29) is 0 Å². The molecule has 0 saturated carbocycles. The fourth-order valence-electron chi connectivity index (χ4n) is 4.12. The number of benzene rings is 4. The molecule has 0 spiro atoms. The van der Waals surface area contributed by atoms with Crippen molar-refractivity contribution in [3.8, 4) is 0 Å². The summed E-state index contributed by atoms with van der Waals surface area (Å²) in [5.74, 6) is 0. The third-order valence-electron chi connectivity index (χ3n) is 5.34. The Morgan fingerprint density at radius 3 is 2.32 bits per heavy atom. The van der Waals surface area contributed by atoms with E-state index in [1.807, 2.05) is 24.3 Å². The van der Waals surface area contributed by atoms with Gasteiger partial charge in [0.2, 0.25) is 0 Å². The van der Waals surface area contributed by atoms with Crippen molar-refractivity contribution in [3.05, 3.63) is 95.2 Å². The summed E-state index contributed by atoms with van der Waals surface area (Å²) in [6, 6.07) is 27.0. The molecule has 1 N–H and O–H groups in total. The largest absolute Gasteiger partial charge is 0.452 e. The van der Waals surface area contributed by atoms with Crippen LogP contribution in [0.1, 0.15) is 5.56 Å². The fraction of sp³-hybridized carbons (Fsp3) is 0.0417. The van der Waals surface area contributed by atoms with E-state index in [9.17, 15) is 0 Å². The Kier molecular flexibility index (Phi) is 3.28. The Bertz CT molecular complexity index is 1520. The fourth-order valence-corrected chi connectivity index (χ4v) is 4.33. The van der Waals surface area contributed by atoms with E-state index in [0.717, 1.165) is 38.4 Å². The molecule has 1 aliphatic heterocycles. The molecule has 1 atom stereocenters. The zero-order valence-electron chi connectivity index (χ0n) is 14.8. The van der Waals surface area contributed by atoms with Crippen molar-refractivity contribution < 1.29 is 4.42 Å². The Morgan fingerprint density at radius 1 is 0.786 bits per heavy atom. The van der Waals surface area contributed by atoms with Crippen molar-refractivity contribution in [1.82, 2.24) is 5.32 Å². The minimum Gasteiger partial charge on any atom is -0.452 e. The minimum atomic E-state index is -0.547. The molecule has 2 heterocycles. The van der Waals surface area contributed by atoms with Crippen LogP contribution in [0.3, 0.4) is 0 Å². The second-order valence-corrected chi connectivity index (χ2v) is 7.36. The molecular weight excluding hydrogens is 368 g/mol. The van der Waals surface area contributed by atoms with Gasteiger partial charge in [0.15, 0.2) is 11.0 Å². The van der Waals surface area contributed by atoms with Crippen LogP contribution in [-0.4, -0.2) is 5.62 Å². The minimum absolute atomic E-state index is 0.547. The molecule has 0 amide bonds. The molecule has 28 heavy (non-hydrogen) atoms. The number of alkyl halides is 1. The number of furan rings is 1. The molecule has 6 rings (SSSR count). The van der Waals surface area contributed by atoms with Crippen LogP contribution in [-0.2, 0) is 0 Å². The van der Waals surface area contributed by atoms with Gasteiger partial charge in [0.1, 0.15) is 10.9 Å². The van der Waals surface area contributed by atoms with Crippen LogP contribution < -0.4 is 16.1 Å². The molecular formula is C24H15ClN2O. The molecule has 1 unspecified atom stereocenters. The van der Waals surface area contributed by atoms with E-state index in [1.165, 1.54) is 16.2 Å². The highest BCUT2D eigenvalue weighted by atomic mass is 35.5. The van der Waals surface area contributed by atoms with Gasteiger partial charge in [0.25, 0.3) is 0 Å². The van der Waals surface area contributed by atoms with E-state index in [1.54, 1.807) is 0 Å². The monoisotopic (exact) mass is 382 g/mol. The van der Waals surface area contributed by atoms with E-state index < -0.39 is 5.62 Å². The van der Waals surface area contributed by atoms with Gasteiger partial charge in [0.05, 0.1) is 5.70 Å². The van der Waals surface area contributed by atoms with Gasteiger partial charge in [-0.1, -0.05) is 72.3 Å². The maximum Gasteiger partial charge on any atom is 0.196 e. The number of hydrogen-bond donors (Lipinski definition) is 1. The van der Waals surface area contributed by atoms with Crippen LogP contribution in [0.5, 0.6) is 0 Å². The number of nitrogens with zero attached hydrogens (tertiary/aromatic N) is 1. The maximum atomic E-state index is 6.48. The van der Waals surface area contributed by atoms with Gasteiger partial charge in [-0.2, -0.15) is 0 Å². The molecule has 4 heteroatoms. The lowest BCUT2D eigenvalue weighted by Crippen LogP contribution is -2.39. The molecule has 3 nitrogen and oxygen atoms in total. The van der Waals surface area contributed by atoms with Gasteiger partial charge < -0.3 is 9.73 Å². The standard InChI is InChI=1S/C24H15ClN2O/c25-24-26-21-18-11-5-6-12-20(18)28-23(21)22(27-24)19-13-14-7-1-2-8-15(14)16-9-3-4-10-17(16)19/h1-13,24,27H. The van der Waals surface area contributed by atoms with Gasteiger partial charge in [-0.25, -0.2) is 4.99 Å². The first-order valence-electron chi connectivity index (χ1n) is 9.21. The van der Waals surface area contributed by atoms with Crippen molar-refractivity contribution >= 4 is 49.8 Å². The van der Waals surface area contributed by atoms with E-state index >= 15 is 0 Å². The second-order valence-electron chi connectivity index (χ2n) is 6.95. The smallest absolute Gasteiger partial charge is 0.196 e. The van der Waals surface area contributed by atoms with Gasteiger partial charge in [-0.05, 0) is 39.7 Å². The third-order valence-corrected chi connectivity index (χ3v) is 5.55. The highest BCUT2D eigenvalue weighted by molar-refractivity contribution is 6.21. The molecule has 0 aliphatic carbocycles. The number of hydrogen-bond acceptors (Lipinski definition) is 3. The molecule has 1 aliphatic rings. The molecule has 0 saturated heterocycles. The summed E-state index contributed by atoms with van der Waals surface area (Å²) >= 11 is 6.48. The summed E-state index contributed by atoms with van der Waals surface area (Å²) < 4.78 is 6.21. The summed E-state index contributed by atoms with van der Waals surface area (Å²) in [7, 11) is 0. The maximum absolute atomic E-state index is 6.48. The average Bonchev–Trinajstić information content (AvgIpc) is 3.11. The van der Waals surface area contributed by atoms with Gasteiger partial charge >= 0.3 is 0 Å². The molecule has 4 aromatic carbocycles. The normalized spacial score (nSPS) is 16.2. The molecule has 0 fully saturated rings. The summed E-state index contributed by atoms with van der Waals surface area (Å²) in [5, 5.41) is 9.88. The average molecular weight is 383 g/mol. The number of para-hydroxylation sites is 1. The zero-order chi connectivity index (χ0) is 18.7. The Hall–Kier alpha value is -3.30.